The first-order valence-electron chi connectivity index (χ1n) is 9.11. The van der Waals surface area contributed by atoms with Crippen molar-refractivity contribution in [1.29, 1.82) is 0 Å². The van der Waals surface area contributed by atoms with Crippen molar-refractivity contribution in [2.24, 2.45) is 5.92 Å². The second kappa shape index (κ2) is 7.24. The average molecular weight is 408 g/mol. The highest BCUT2D eigenvalue weighted by Crippen LogP contribution is 2.48. The van der Waals surface area contributed by atoms with E-state index in [0.29, 0.717) is 25.1 Å². The molecule has 148 valence electrons. The summed E-state index contributed by atoms with van der Waals surface area (Å²) in [4.78, 5) is 27.7. The molecular formula is C20H19F3N2O2S. The lowest BCUT2D eigenvalue weighted by Crippen LogP contribution is -2.42. The number of thiophene rings is 1. The predicted octanol–water partition coefficient (Wildman–Crippen LogP) is 3.57. The predicted molar refractivity (Wildman–Crippen MR) is 98.7 cm³/mol. The molecule has 4 nitrogen and oxygen atoms in total. The molecule has 1 aromatic carbocycles. The van der Waals surface area contributed by atoms with Gasteiger partial charge in [0.25, 0.3) is 0 Å². The number of carbonyl (C=O) groups is 2. The van der Waals surface area contributed by atoms with E-state index in [1.54, 1.807) is 22.3 Å². The van der Waals surface area contributed by atoms with Crippen LogP contribution in [-0.2, 0) is 28.7 Å². The molecule has 1 aliphatic heterocycles. The van der Waals surface area contributed by atoms with E-state index in [4.69, 9.17) is 0 Å². The number of hydrogen-bond donors (Lipinski definition) is 1. The minimum absolute atomic E-state index is 0.0793. The molecule has 1 saturated carbocycles. The van der Waals surface area contributed by atoms with Crippen LogP contribution in [0.3, 0.4) is 0 Å². The van der Waals surface area contributed by atoms with Crippen molar-refractivity contribution in [2.45, 2.75) is 31.5 Å². The molecule has 0 saturated heterocycles. The maximum atomic E-state index is 12.8. The normalized spacial score (nSPS) is 21.2. The van der Waals surface area contributed by atoms with E-state index >= 15 is 0 Å². The van der Waals surface area contributed by atoms with Crippen LogP contribution in [0.25, 0.3) is 0 Å². The van der Waals surface area contributed by atoms with Gasteiger partial charge in [-0.05, 0) is 47.4 Å². The third kappa shape index (κ3) is 3.92. The Morgan fingerprint density at radius 2 is 2.07 bits per heavy atom. The highest BCUT2D eigenvalue weighted by Gasteiger charge is 2.44. The quantitative estimate of drug-likeness (QED) is 0.841. The van der Waals surface area contributed by atoms with Crippen molar-refractivity contribution in [3.05, 3.63) is 57.3 Å². The number of rotatable bonds is 4. The number of benzene rings is 1. The Morgan fingerprint density at radius 3 is 2.86 bits per heavy atom. The molecule has 1 fully saturated rings. The molecule has 2 atom stereocenters. The van der Waals surface area contributed by atoms with Gasteiger partial charge < -0.3 is 10.2 Å². The Kier molecular flexibility index (Phi) is 4.91. The monoisotopic (exact) mass is 408 g/mol. The van der Waals surface area contributed by atoms with Gasteiger partial charge in [-0.3, -0.25) is 9.59 Å². The standard InChI is InChI=1S/C20H19F3N2O2S/c21-20(22,23)14-3-1-2-12(8-14)15-9-16(15)19(27)24-10-18(26)25-6-4-17-13(11-25)5-7-28-17/h1-3,5,7-8,15-16H,4,6,9-11H2,(H,24,27). The first-order chi connectivity index (χ1) is 13.3. The van der Waals surface area contributed by atoms with Gasteiger partial charge in [0.2, 0.25) is 11.8 Å². The fourth-order valence-corrected chi connectivity index (χ4v) is 4.56. The molecule has 8 heteroatoms. The van der Waals surface area contributed by atoms with Gasteiger partial charge in [-0.1, -0.05) is 18.2 Å². The molecule has 0 bridgehead atoms. The fourth-order valence-electron chi connectivity index (χ4n) is 3.67. The van der Waals surface area contributed by atoms with E-state index in [-0.39, 0.29) is 30.2 Å². The van der Waals surface area contributed by atoms with Gasteiger partial charge in [-0.25, -0.2) is 0 Å². The molecule has 1 aromatic heterocycles. The maximum Gasteiger partial charge on any atom is 0.416 e. The number of nitrogens with zero attached hydrogens (tertiary/aromatic N) is 1. The van der Waals surface area contributed by atoms with Gasteiger partial charge in [-0.2, -0.15) is 13.2 Å². The molecule has 4 rings (SSSR count). The summed E-state index contributed by atoms with van der Waals surface area (Å²) in [6.45, 7) is 1.12. The van der Waals surface area contributed by atoms with Crippen LogP contribution >= 0.6 is 11.3 Å². The second-order valence-electron chi connectivity index (χ2n) is 7.22. The SMILES string of the molecule is O=C(NCC(=O)N1CCc2sccc2C1)C1CC1c1cccc(C(F)(F)F)c1. The zero-order chi connectivity index (χ0) is 19.9. The minimum Gasteiger partial charge on any atom is -0.347 e. The molecular weight excluding hydrogens is 389 g/mol. The number of nitrogens with one attached hydrogen (secondary N) is 1. The smallest absolute Gasteiger partial charge is 0.347 e. The number of halogens is 3. The summed E-state index contributed by atoms with van der Waals surface area (Å²) < 4.78 is 38.5. The van der Waals surface area contributed by atoms with Crippen molar-refractivity contribution in [2.75, 3.05) is 13.1 Å². The number of carbonyl (C=O) groups excluding carboxylic acids is 2. The first kappa shape index (κ1) is 19.0. The Bertz CT molecular complexity index is 909. The Morgan fingerprint density at radius 1 is 1.25 bits per heavy atom. The van der Waals surface area contributed by atoms with Gasteiger partial charge in [-0.15, -0.1) is 11.3 Å². The summed E-state index contributed by atoms with van der Waals surface area (Å²) in [5, 5.41) is 4.67. The van der Waals surface area contributed by atoms with Crippen molar-refractivity contribution in [1.82, 2.24) is 10.2 Å². The van der Waals surface area contributed by atoms with Crippen LogP contribution < -0.4 is 5.32 Å². The van der Waals surface area contributed by atoms with Gasteiger partial charge in [0.15, 0.2) is 0 Å². The molecule has 2 aromatic rings. The molecule has 0 radical (unpaired) electrons. The lowest BCUT2D eigenvalue weighted by atomic mass is 10.1. The lowest BCUT2D eigenvalue weighted by molar-refractivity contribution is -0.137. The van der Waals surface area contributed by atoms with Crippen LogP contribution in [-0.4, -0.2) is 29.8 Å². The Hall–Kier alpha value is -2.35. The second-order valence-corrected chi connectivity index (χ2v) is 8.22. The van der Waals surface area contributed by atoms with Crippen molar-refractivity contribution in [3.8, 4) is 0 Å². The van der Waals surface area contributed by atoms with Crippen molar-refractivity contribution >= 4 is 23.2 Å². The summed E-state index contributed by atoms with van der Waals surface area (Å²) in [7, 11) is 0. The highest BCUT2D eigenvalue weighted by molar-refractivity contribution is 7.10. The van der Waals surface area contributed by atoms with Crippen LogP contribution in [0.4, 0.5) is 13.2 Å². The molecule has 0 spiro atoms. The molecule has 2 amide bonds. The van der Waals surface area contributed by atoms with Gasteiger partial charge >= 0.3 is 6.18 Å². The highest BCUT2D eigenvalue weighted by atomic mass is 32.1. The topological polar surface area (TPSA) is 49.4 Å². The van der Waals surface area contributed by atoms with Gasteiger partial charge in [0, 0.05) is 23.9 Å². The molecule has 28 heavy (non-hydrogen) atoms. The van der Waals surface area contributed by atoms with E-state index in [1.165, 1.54) is 10.9 Å². The van der Waals surface area contributed by atoms with Crippen molar-refractivity contribution < 1.29 is 22.8 Å². The molecule has 1 aliphatic carbocycles. The molecule has 1 N–H and O–H groups in total. The third-order valence-electron chi connectivity index (χ3n) is 5.34. The van der Waals surface area contributed by atoms with Crippen LogP contribution in [0.2, 0.25) is 0 Å². The number of alkyl halides is 3. The third-order valence-corrected chi connectivity index (χ3v) is 6.37. The summed E-state index contributed by atoms with van der Waals surface area (Å²) in [5.41, 5.74) is 0.967. The number of hydrogen-bond acceptors (Lipinski definition) is 3. The van der Waals surface area contributed by atoms with Gasteiger partial charge in [0.1, 0.15) is 0 Å². The van der Waals surface area contributed by atoms with E-state index in [1.807, 2.05) is 11.4 Å². The average Bonchev–Trinajstić information content (AvgIpc) is 3.34. The van der Waals surface area contributed by atoms with E-state index in [0.717, 1.165) is 24.1 Å². The largest absolute Gasteiger partial charge is 0.416 e. The maximum absolute atomic E-state index is 12.8. The molecule has 2 heterocycles. The van der Waals surface area contributed by atoms with Crippen LogP contribution in [0.15, 0.2) is 35.7 Å². The van der Waals surface area contributed by atoms with Crippen LogP contribution in [0.1, 0.15) is 33.9 Å². The number of fused-ring (bicyclic) bond motifs is 1. The lowest BCUT2D eigenvalue weighted by Gasteiger charge is -2.27. The zero-order valence-corrected chi connectivity index (χ0v) is 15.8. The minimum atomic E-state index is -4.40. The Labute approximate surface area is 164 Å². The van der Waals surface area contributed by atoms with E-state index < -0.39 is 11.7 Å². The summed E-state index contributed by atoms with van der Waals surface area (Å²) in [6.07, 6.45) is -3.07. The zero-order valence-electron chi connectivity index (χ0n) is 15.0. The summed E-state index contributed by atoms with van der Waals surface area (Å²) in [6, 6.07) is 7.13. The first-order valence-corrected chi connectivity index (χ1v) is 9.99. The molecule has 2 unspecified atom stereocenters. The van der Waals surface area contributed by atoms with Crippen molar-refractivity contribution in [3.63, 3.8) is 0 Å². The summed E-state index contributed by atoms with van der Waals surface area (Å²) >= 11 is 1.69. The van der Waals surface area contributed by atoms with Gasteiger partial charge in [0.05, 0.1) is 12.1 Å². The fraction of sp³-hybridized carbons (Fsp3) is 0.400. The number of amides is 2. The van der Waals surface area contributed by atoms with Crippen LogP contribution in [0.5, 0.6) is 0 Å². The van der Waals surface area contributed by atoms with Crippen LogP contribution in [0, 0.1) is 5.92 Å². The summed E-state index contributed by atoms with van der Waals surface area (Å²) in [5.74, 6) is -1.01. The van der Waals surface area contributed by atoms with E-state index in [9.17, 15) is 22.8 Å². The Balaban J connectivity index is 1.29. The van der Waals surface area contributed by atoms with E-state index in [2.05, 4.69) is 5.32 Å². The molecule has 2 aliphatic rings.